The van der Waals surface area contributed by atoms with Gasteiger partial charge in [-0.05, 0) is 31.0 Å². The Balaban J connectivity index is 3.04. The molecule has 70 valence electrons. The van der Waals surface area contributed by atoms with Crippen LogP contribution in [0, 0.1) is 6.92 Å². The van der Waals surface area contributed by atoms with E-state index in [0.29, 0.717) is 0 Å². The first-order valence-corrected chi connectivity index (χ1v) is 4.49. The van der Waals surface area contributed by atoms with Gasteiger partial charge in [0.1, 0.15) is 5.82 Å². The SMILES string of the molecule is C=Cc1cnc(N(C)CC)c(C)c1. The Morgan fingerprint density at radius 3 is 2.77 bits per heavy atom. The van der Waals surface area contributed by atoms with E-state index < -0.39 is 0 Å². The largest absolute Gasteiger partial charge is 0.360 e. The summed E-state index contributed by atoms with van der Waals surface area (Å²) in [5, 5.41) is 0. The second-order valence-electron chi connectivity index (χ2n) is 3.13. The minimum atomic E-state index is 0.973. The van der Waals surface area contributed by atoms with Gasteiger partial charge in [-0.25, -0.2) is 4.98 Å². The second kappa shape index (κ2) is 4.08. The average Bonchev–Trinajstić information content (AvgIpc) is 2.16. The first-order chi connectivity index (χ1) is 6.19. The maximum absolute atomic E-state index is 4.37. The highest BCUT2D eigenvalue weighted by Crippen LogP contribution is 2.16. The summed E-state index contributed by atoms with van der Waals surface area (Å²) in [5.41, 5.74) is 2.27. The number of rotatable bonds is 3. The van der Waals surface area contributed by atoms with Gasteiger partial charge in [0.15, 0.2) is 0 Å². The molecule has 0 aromatic carbocycles. The fraction of sp³-hybridized carbons (Fsp3) is 0.364. The molecule has 2 heteroatoms. The highest BCUT2D eigenvalue weighted by atomic mass is 15.2. The first-order valence-electron chi connectivity index (χ1n) is 4.49. The van der Waals surface area contributed by atoms with Crippen LogP contribution in [0.1, 0.15) is 18.1 Å². The lowest BCUT2D eigenvalue weighted by Crippen LogP contribution is -2.18. The van der Waals surface area contributed by atoms with Gasteiger partial charge in [0, 0.05) is 19.8 Å². The molecule has 0 amide bonds. The summed E-state index contributed by atoms with van der Waals surface area (Å²) in [5.74, 6) is 1.05. The molecule has 2 nitrogen and oxygen atoms in total. The smallest absolute Gasteiger partial charge is 0.131 e. The minimum absolute atomic E-state index is 0.973. The number of aromatic nitrogens is 1. The van der Waals surface area contributed by atoms with Crippen LogP contribution in [0.15, 0.2) is 18.8 Å². The molecule has 0 saturated carbocycles. The molecule has 0 fully saturated rings. The van der Waals surface area contributed by atoms with E-state index in [0.717, 1.165) is 17.9 Å². The highest BCUT2D eigenvalue weighted by molar-refractivity contribution is 5.53. The van der Waals surface area contributed by atoms with Crippen LogP contribution in [0.25, 0.3) is 6.08 Å². The van der Waals surface area contributed by atoms with Gasteiger partial charge in [-0.1, -0.05) is 12.7 Å². The Labute approximate surface area is 79.9 Å². The van der Waals surface area contributed by atoms with Crippen LogP contribution >= 0.6 is 0 Å². The van der Waals surface area contributed by atoms with Crippen molar-refractivity contribution in [2.45, 2.75) is 13.8 Å². The van der Waals surface area contributed by atoms with Gasteiger partial charge in [0.25, 0.3) is 0 Å². The van der Waals surface area contributed by atoms with Gasteiger partial charge in [0.2, 0.25) is 0 Å². The third-order valence-corrected chi connectivity index (χ3v) is 2.14. The van der Waals surface area contributed by atoms with Crippen molar-refractivity contribution in [2.24, 2.45) is 0 Å². The second-order valence-corrected chi connectivity index (χ2v) is 3.13. The van der Waals surface area contributed by atoms with Crippen molar-refractivity contribution in [3.8, 4) is 0 Å². The molecule has 1 aromatic heterocycles. The van der Waals surface area contributed by atoms with Crippen molar-refractivity contribution in [2.75, 3.05) is 18.5 Å². The Hall–Kier alpha value is -1.31. The predicted molar refractivity (Wildman–Crippen MR) is 58.0 cm³/mol. The Morgan fingerprint density at radius 2 is 2.31 bits per heavy atom. The molecule has 0 aliphatic heterocycles. The fourth-order valence-corrected chi connectivity index (χ4v) is 1.25. The van der Waals surface area contributed by atoms with E-state index in [1.54, 1.807) is 0 Å². The van der Waals surface area contributed by atoms with Crippen LogP contribution in [0.3, 0.4) is 0 Å². The first kappa shape index (κ1) is 9.78. The monoisotopic (exact) mass is 176 g/mol. The standard InChI is InChI=1S/C11H16N2/c1-5-10-7-9(3)11(12-8-10)13(4)6-2/h5,7-8H,1,6H2,2-4H3. The number of hydrogen-bond donors (Lipinski definition) is 0. The fourth-order valence-electron chi connectivity index (χ4n) is 1.25. The zero-order chi connectivity index (χ0) is 9.84. The van der Waals surface area contributed by atoms with E-state index in [1.165, 1.54) is 5.56 Å². The average molecular weight is 176 g/mol. The molecule has 0 unspecified atom stereocenters. The molecule has 0 N–H and O–H groups in total. The normalized spacial score (nSPS) is 9.77. The summed E-state index contributed by atoms with van der Waals surface area (Å²) in [6.45, 7) is 8.87. The highest BCUT2D eigenvalue weighted by Gasteiger charge is 2.03. The number of nitrogens with zero attached hydrogens (tertiary/aromatic N) is 2. The molecule has 0 radical (unpaired) electrons. The van der Waals surface area contributed by atoms with Crippen LogP contribution in [-0.4, -0.2) is 18.6 Å². The Kier molecular flexibility index (Phi) is 3.07. The molecule has 0 aliphatic rings. The van der Waals surface area contributed by atoms with Crippen LogP contribution in [-0.2, 0) is 0 Å². The summed E-state index contributed by atoms with van der Waals surface area (Å²) in [7, 11) is 2.04. The molecule has 0 saturated heterocycles. The zero-order valence-electron chi connectivity index (χ0n) is 8.54. The molecule has 0 bridgehead atoms. The van der Waals surface area contributed by atoms with Gasteiger partial charge in [-0.2, -0.15) is 0 Å². The quantitative estimate of drug-likeness (QED) is 0.703. The lowest BCUT2D eigenvalue weighted by molar-refractivity contribution is 0.929. The molecule has 0 aliphatic carbocycles. The maximum atomic E-state index is 4.37. The van der Waals surface area contributed by atoms with Crippen LogP contribution in [0.2, 0.25) is 0 Å². The van der Waals surface area contributed by atoms with E-state index >= 15 is 0 Å². The lowest BCUT2D eigenvalue weighted by Gasteiger charge is -2.17. The molecule has 13 heavy (non-hydrogen) atoms. The third kappa shape index (κ3) is 2.08. The van der Waals surface area contributed by atoms with Gasteiger partial charge in [0.05, 0.1) is 0 Å². The van der Waals surface area contributed by atoms with E-state index in [1.807, 2.05) is 19.3 Å². The molecule has 1 heterocycles. The Morgan fingerprint density at radius 1 is 1.62 bits per heavy atom. The summed E-state index contributed by atoms with van der Waals surface area (Å²) in [4.78, 5) is 6.50. The predicted octanol–water partition coefficient (Wildman–Crippen LogP) is 2.49. The summed E-state index contributed by atoms with van der Waals surface area (Å²) >= 11 is 0. The van der Waals surface area contributed by atoms with Crippen LogP contribution in [0.4, 0.5) is 5.82 Å². The molecular formula is C11H16N2. The van der Waals surface area contributed by atoms with Crippen molar-refractivity contribution in [1.82, 2.24) is 4.98 Å². The van der Waals surface area contributed by atoms with Gasteiger partial charge < -0.3 is 4.90 Å². The number of anilines is 1. The Bertz CT molecular complexity index is 305. The van der Waals surface area contributed by atoms with Crippen molar-refractivity contribution >= 4 is 11.9 Å². The summed E-state index contributed by atoms with van der Waals surface area (Å²) in [6.07, 6.45) is 3.66. The van der Waals surface area contributed by atoms with Gasteiger partial charge >= 0.3 is 0 Å². The number of aryl methyl sites for hydroxylation is 1. The molecule has 0 spiro atoms. The van der Waals surface area contributed by atoms with Gasteiger partial charge in [-0.15, -0.1) is 0 Å². The van der Waals surface area contributed by atoms with Crippen LogP contribution < -0.4 is 4.90 Å². The van der Waals surface area contributed by atoms with Crippen molar-refractivity contribution in [3.63, 3.8) is 0 Å². The van der Waals surface area contributed by atoms with Crippen molar-refractivity contribution < 1.29 is 0 Å². The molecule has 0 atom stereocenters. The van der Waals surface area contributed by atoms with E-state index in [2.05, 4.69) is 36.4 Å². The van der Waals surface area contributed by atoms with E-state index in [4.69, 9.17) is 0 Å². The molecular weight excluding hydrogens is 160 g/mol. The summed E-state index contributed by atoms with van der Waals surface area (Å²) < 4.78 is 0. The topological polar surface area (TPSA) is 16.1 Å². The van der Waals surface area contributed by atoms with Crippen LogP contribution in [0.5, 0.6) is 0 Å². The minimum Gasteiger partial charge on any atom is -0.360 e. The van der Waals surface area contributed by atoms with Crippen molar-refractivity contribution in [3.05, 3.63) is 30.0 Å². The van der Waals surface area contributed by atoms with E-state index in [9.17, 15) is 0 Å². The van der Waals surface area contributed by atoms with E-state index in [-0.39, 0.29) is 0 Å². The summed E-state index contributed by atoms with van der Waals surface area (Å²) in [6, 6.07) is 2.10. The lowest BCUT2D eigenvalue weighted by atomic mass is 10.2. The number of pyridine rings is 1. The maximum Gasteiger partial charge on any atom is 0.131 e. The third-order valence-electron chi connectivity index (χ3n) is 2.14. The molecule has 1 rings (SSSR count). The number of hydrogen-bond acceptors (Lipinski definition) is 2. The van der Waals surface area contributed by atoms with Gasteiger partial charge in [-0.3, -0.25) is 0 Å². The van der Waals surface area contributed by atoms with Crippen molar-refractivity contribution in [1.29, 1.82) is 0 Å². The molecule has 1 aromatic rings. The zero-order valence-corrected chi connectivity index (χ0v) is 8.54.